The second-order valence-corrected chi connectivity index (χ2v) is 5.76. The van der Waals surface area contributed by atoms with Gasteiger partial charge in [0.1, 0.15) is 12.4 Å². The number of benzene rings is 2. The molecular formula is C18H16FN3O3. The van der Waals surface area contributed by atoms with E-state index in [-0.39, 0.29) is 35.6 Å². The van der Waals surface area contributed by atoms with E-state index in [1.807, 2.05) is 0 Å². The molecule has 1 aromatic heterocycles. The van der Waals surface area contributed by atoms with Crippen LogP contribution in [0.4, 0.5) is 4.39 Å². The third kappa shape index (κ3) is 3.50. The number of aromatic nitrogens is 2. The van der Waals surface area contributed by atoms with E-state index in [1.165, 1.54) is 17.0 Å². The smallest absolute Gasteiger partial charge is 0.273 e. The van der Waals surface area contributed by atoms with Crippen molar-refractivity contribution in [3.63, 3.8) is 0 Å². The van der Waals surface area contributed by atoms with Crippen LogP contribution in [0.25, 0.3) is 10.8 Å². The topological polar surface area (TPSA) is 75.2 Å². The number of carbonyl (C=O) groups is 1. The molecule has 2 aromatic carbocycles. The van der Waals surface area contributed by atoms with Gasteiger partial charge in [-0.15, -0.1) is 0 Å². The number of hydrogen-bond acceptors (Lipinski definition) is 3. The van der Waals surface area contributed by atoms with Gasteiger partial charge in [-0.25, -0.2) is 9.07 Å². The number of nitrogens with zero attached hydrogens (tertiary/aromatic N) is 2. The van der Waals surface area contributed by atoms with Crippen molar-refractivity contribution in [1.29, 1.82) is 0 Å². The summed E-state index contributed by atoms with van der Waals surface area (Å²) in [6.45, 7) is -0.103. The van der Waals surface area contributed by atoms with E-state index in [9.17, 15) is 18.8 Å². The molecule has 0 bridgehead atoms. The number of fused-ring (bicyclic) bond motifs is 1. The van der Waals surface area contributed by atoms with E-state index in [0.29, 0.717) is 5.56 Å². The summed E-state index contributed by atoms with van der Waals surface area (Å²) < 4.78 is 14.2. The maximum absolute atomic E-state index is 13.2. The number of likely N-dealkylation sites (N-methyl/N-ethyl adjacent to an activating group) is 1. The van der Waals surface area contributed by atoms with Gasteiger partial charge in [0, 0.05) is 13.6 Å². The minimum Gasteiger partial charge on any atom is -0.340 e. The minimum atomic E-state index is -0.442. The van der Waals surface area contributed by atoms with Crippen molar-refractivity contribution < 1.29 is 9.18 Å². The Morgan fingerprint density at radius 2 is 1.84 bits per heavy atom. The fourth-order valence-electron chi connectivity index (χ4n) is 2.61. The normalized spacial score (nSPS) is 10.8. The summed E-state index contributed by atoms with van der Waals surface area (Å²) in [6.07, 6.45) is 0. The van der Waals surface area contributed by atoms with Crippen LogP contribution in [0.1, 0.15) is 5.56 Å². The summed E-state index contributed by atoms with van der Waals surface area (Å²) in [5.74, 6) is -0.759. The molecule has 0 saturated carbocycles. The predicted molar refractivity (Wildman–Crippen MR) is 91.7 cm³/mol. The van der Waals surface area contributed by atoms with Gasteiger partial charge in [0.25, 0.3) is 11.1 Å². The average Bonchev–Trinajstić information content (AvgIpc) is 2.59. The molecule has 0 unspecified atom stereocenters. The number of rotatable bonds is 4. The highest BCUT2D eigenvalue weighted by atomic mass is 19.1. The van der Waals surface area contributed by atoms with Gasteiger partial charge in [0.15, 0.2) is 0 Å². The Bertz CT molecular complexity index is 1060. The number of aromatic amines is 1. The van der Waals surface area contributed by atoms with Gasteiger partial charge in [-0.05, 0) is 29.8 Å². The van der Waals surface area contributed by atoms with Crippen molar-refractivity contribution in [1.82, 2.24) is 14.7 Å². The van der Waals surface area contributed by atoms with Crippen molar-refractivity contribution in [2.75, 3.05) is 7.05 Å². The highest BCUT2D eigenvalue weighted by molar-refractivity contribution is 5.81. The number of halogens is 1. The Morgan fingerprint density at radius 1 is 1.12 bits per heavy atom. The maximum atomic E-state index is 13.2. The standard InChI is InChI=1S/C18H16FN3O3/c1-21(10-12-5-4-6-13(19)9-12)16(23)11-22-18(25)15-8-3-2-7-14(15)17(24)20-22/h2-9H,10-11H2,1H3,(H,20,24). The van der Waals surface area contributed by atoms with Crippen molar-refractivity contribution in [2.24, 2.45) is 0 Å². The van der Waals surface area contributed by atoms with E-state index in [2.05, 4.69) is 5.10 Å². The van der Waals surface area contributed by atoms with E-state index in [0.717, 1.165) is 4.68 Å². The molecule has 0 aliphatic heterocycles. The molecule has 0 spiro atoms. The highest BCUT2D eigenvalue weighted by Crippen LogP contribution is 2.07. The molecular weight excluding hydrogens is 325 g/mol. The largest absolute Gasteiger partial charge is 0.340 e. The number of carbonyl (C=O) groups excluding carboxylic acids is 1. The van der Waals surface area contributed by atoms with Gasteiger partial charge >= 0.3 is 0 Å². The first-order valence-electron chi connectivity index (χ1n) is 7.66. The second-order valence-electron chi connectivity index (χ2n) is 5.76. The quantitative estimate of drug-likeness (QED) is 0.781. The molecule has 0 atom stereocenters. The van der Waals surface area contributed by atoms with Crippen molar-refractivity contribution >= 4 is 16.7 Å². The number of amides is 1. The molecule has 128 valence electrons. The molecule has 7 heteroatoms. The molecule has 0 radical (unpaired) electrons. The summed E-state index contributed by atoms with van der Waals surface area (Å²) >= 11 is 0. The van der Waals surface area contributed by atoms with Gasteiger partial charge in [-0.3, -0.25) is 19.5 Å². The van der Waals surface area contributed by atoms with Crippen LogP contribution in [0.5, 0.6) is 0 Å². The SMILES string of the molecule is CN(Cc1cccc(F)c1)C(=O)Cn1[nH]c(=O)c2ccccc2c1=O. The Kier molecular flexibility index (Phi) is 4.47. The Labute approximate surface area is 142 Å². The third-order valence-electron chi connectivity index (χ3n) is 3.91. The Morgan fingerprint density at radius 3 is 2.56 bits per heavy atom. The lowest BCUT2D eigenvalue weighted by molar-refractivity contribution is -0.131. The van der Waals surface area contributed by atoms with Crippen LogP contribution in [0.3, 0.4) is 0 Å². The maximum Gasteiger partial charge on any atom is 0.273 e. The van der Waals surface area contributed by atoms with Crippen LogP contribution in [0.2, 0.25) is 0 Å². The molecule has 1 heterocycles. The summed E-state index contributed by atoms with van der Waals surface area (Å²) in [6, 6.07) is 12.4. The minimum absolute atomic E-state index is 0.198. The summed E-state index contributed by atoms with van der Waals surface area (Å²) in [7, 11) is 1.55. The van der Waals surface area contributed by atoms with Crippen molar-refractivity contribution in [3.8, 4) is 0 Å². The first-order valence-corrected chi connectivity index (χ1v) is 7.66. The van der Waals surface area contributed by atoms with Gasteiger partial charge in [-0.1, -0.05) is 24.3 Å². The lowest BCUT2D eigenvalue weighted by Crippen LogP contribution is -2.37. The van der Waals surface area contributed by atoms with Gasteiger partial charge in [0.05, 0.1) is 10.8 Å². The summed E-state index contributed by atoms with van der Waals surface area (Å²) in [5, 5.41) is 2.96. The van der Waals surface area contributed by atoms with Crippen molar-refractivity contribution in [2.45, 2.75) is 13.1 Å². The molecule has 3 aromatic rings. The molecule has 0 saturated heterocycles. The van der Waals surface area contributed by atoms with Crippen molar-refractivity contribution in [3.05, 3.63) is 80.6 Å². The lowest BCUT2D eigenvalue weighted by Gasteiger charge is -2.18. The van der Waals surface area contributed by atoms with E-state index < -0.39 is 11.1 Å². The van der Waals surface area contributed by atoms with Gasteiger partial charge in [-0.2, -0.15) is 0 Å². The molecule has 6 nitrogen and oxygen atoms in total. The van der Waals surface area contributed by atoms with Crippen LogP contribution < -0.4 is 11.1 Å². The summed E-state index contributed by atoms with van der Waals surface area (Å²) in [4.78, 5) is 38.2. The molecule has 0 fully saturated rings. The molecule has 3 rings (SSSR count). The molecule has 0 aliphatic rings. The van der Waals surface area contributed by atoms with Crippen LogP contribution in [0.15, 0.2) is 58.1 Å². The number of H-pyrrole nitrogens is 1. The molecule has 1 N–H and O–H groups in total. The van der Waals surface area contributed by atoms with Crippen LogP contribution >= 0.6 is 0 Å². The zero-order valence-corrected chi connectivity index (χ0v) is 13.5. The van der Waals surface area contributed by atoms with E-state index in [1.54, 1.807) is 43.4 Å². The molecule has 1 amide bonds. The zero-order chi connectivity index (χ0) is 18.0. The molecule has 0 aliphatic carbocycles. The number of nitrogens with one attached hydrogen (secondary N) is 1. The van der Waals surface area contributed by atoms with Gasteiger partial charge in [0.2, 0.25) is 5.91 Å². The van der Waals surface area contributed by atoms with Crippen LogP contribution in [0, 0.1) is 5.82 Å². The van der Waals surface area contributed by atoms with E-state index >= 15 is 0 Å². The number of hydrogen-bond donors (Lipinski definition) is 1. The zero-order valence-electron chi connectivity index (χ0n) is 13.5. The highest BCUT2D eigenvalue weighted by Gasteiger charge is 2.14. The average molecular weight is 341 g/mol. The van der Waals surface area contributed by atoms with Gasteiger partial charge < -0.3 is 4.90 Å². The second kappa shape index (κ2) is 6.72. The van der Waals surface area contributed by atoms with Crippen LogP contribution in [-0.2, 0) is 17.9 Å². The summed E-state index contributed by atoms with van der Waals surface area (Å²) in [5.41, 5.74) is -0.242. The monoisotopic (exact) mass is 341 g/mol. The molecule has 25 heavy (non-hydrogen) atoms. The Hall–Kier alpha value is -3.22. The van der Waals surface area contributed by atoms with E-state index in [4.69, 9.17) is 0 Å². The fourth-order valence-corrected chi connectivity index (χ4v) is 2.61. The van der Waals surface area contributed by atoms with Crippen LogP contribution in [-0.4, -0.2) is 27.6 Å². The fraction of sp³-hybridized carbons (Fsp3) is 0.167. The first kappa shape index (κ1) is 16.6. The lowest BCUT2D eigenvalue weighted by atomic mass is 10.2. The predicted octanol–water partition coefficient (Wildman–Crippen LogP) is 1.49. The first-order chi connectivity index (χ1) is 12.0. The Balaban J connectivity index is 1.83. The third-order valence-corrected chi connectivity index (χ3v) is 3.91.